The molecule has 2 amide bonds. The second-order valence-corrected chi connectivity index (χ2v) is 18.1. The van der Waals surface area contributed by atoms with Crippen LogP contribution in [-0.2, 0) is 55.0 Å². The third-order valence-electron chi connectivity index (χ3n) is 10.7. The van der Waals surface area contributed by atoms with Gasteiger partial charge in [-0.15, -0.1) is 0 Å². The molecular weight excluding hydrogens is 1010 g/mol. The summed E-state index contributed by atoms with van der Waals surface area (Å²) in [6.45, 7) is 4.08. The summed E-state index contributed by atoms with van der Waals surface area (Å²) in [5.74, 6) is -10.3. The van der Waals surface area contributed by atoms with Crippen molar-refractivity contribution < 1.29 is 58.3 Å². The van der Waals surface area contributed by atoms with Crippen molar-refractivity contribution in [2.75, 3.05) is 0 Å². The molecule has 4 atom stereocenters. The lowest BCUT2D eigenvalue weighted by Gasteiger charge is -2.22. The SMILES string of the molecule is CC(C)C[C@H](NC(=O)OCc1ccccc1)C(=O)N[C@@H](Cc1ccccc1)C(=O)O.O=C(O)C(C(=O)C(C(=O)O)c1c(Cl)ccc(OCc2ccccc2)c1Cl)c1c(Cl)ccc(OCc2ccccc2)c1Cl. The number of ether oxygens (including phenoxy) is 3. The second kappa shape index (κ2) is 27.5. The molecule has 6 rings (SSSR count). The quantitative estimate of drug-likeness (QED) is 0.0402. The van der Waals surface area contributed by atoms with Gasteiger partial charge in [-0.05, 0) is 58.9 Å². The number of nitrogens with one attached hydrogen (secondary N) is 2. The molecule has 5 N–H and O–H groups in total. The third-order valence-corrected chi connectivity index (χ3v) is 12.2. The fourth-order valence-electron chi connectivity index (χ4n) is 7.20. The predicted octanol–water partition coefficient (Wildman–Crippen LogP) is 11.2. The smallest absolute Gasteiger partial charge is 0.408 e. The van der Waals surface area contributed by atoms with Gasteiger partial charge in [0.15, 0.2) is 5.78 Å². The number of alkyl carbamates (subject to hydrolysis) is 1. The van der Waals surface area contributed by atoms with Gasteiger partial charge in [0.05, 0.1) is 10.0 Å². The van der Waals surface area contributed by atoms with Gasteiger partial charge in [0.1, 0.15) is 55.2 Å². The molecule has 0 heterocycles. The molecule has 0 saturated heterocycles. The molecule has 18 heteroatoms. The highest BCUT2D eigenvalue weighted by Crippen LogP contribution is 2.44. The summed E-state index contributed by atoms with van der Waals surface area (Å²) in [5, 5.41) is 34.1. The van der Waals surface area contributed by atoms with Crippen LogP contribution in [0.5, 0.6) is 11.5 Å². The number of halogens is 4. The van der Waals surface area contributed by atoms with Gasteiger partial charge >= 0.3 is 24.0 Å². The summed E-state index contributed by atoms with van der Waals surface area (Å²) in [6, 6.07) is 39.9. The highest BCUT2D eigenvalue weighted by atomic mass is 35.5. The minimum atomic E-state index is -2.10. The Morgan fingerprint density at radius 2 is 0.875 bits per heavy atom. The monoisotopic (exact) mass is 1060 g/mol. The zero-order valence-corrected chi connectivity index (χ0v) is 41.8. The fraction of sp³-hybridized carbons (Fsp3) is 0.222. The first-order chi connectivity index (χ1) is 34.4. The van der Waals surface area contributed by atoms with Crippen molar-refractivity contribution >= 4 is 82.1 Å². The van der Waals surface area contributed by atoms with Crippen molar-refractivity contribution in [3.63, 3.8) is 0 Å². The maximum atomic E-state index is 13.8. The Hall–Kier alpha value is -7.10. The number of Topliss-reactive ketones (excluding diaryl/α,β-unsaturated/α-hetero) is 1. The van der Waals surface area contributed by atoms with E-state index < -0.39 is 59.6 Å². The van der Waals surface area contributed by atoms with Crippen LogP contribution < -0.4 is 20.1 Å². The lowest BCUT2D eigenvalue weighted by molar-refractivity contribution is -0.147. The Morgan fingerprint density at radius 1 is 0.486 bits per heavy atom. The van der Waals surface area contributed by atoms with Gasteiger partial charge in [0, 0.05) is 27.6 Å². The molecule has 0 aromatic heterocycles. The predicted molar refractivity (Wildman–Crippen MR) is 273 cm³/mol. The number of rotatable bonds is 22. The van der Waals surface area contributed by atoms with Crippen LogP contribution in [0.3, 0.4) is 0 Å². The van der Waals surface area contributed by atoms with E-state index in [2.05, 4.69) is 10.6 Å². The van der Waals surface area contributed by atoms with Crippen molar-refractivity contribution in [2.45, 2.75) is 70.4 Å². The van der Waals surface area contributed by atoms with E-state index in [1.54, 1.807) is 12.1 Å². The summed E-state index contributed by atoms with van der Waals surface area (Å²) >= 11 is 25.8. The molecular formula is C54H50Cl4N2O12. The molecule has 2 unspecified atom stereocenters. The first-order valence-corrected chi connectivity index (χ1v) is 23.8. The Labute approximate surface area is 435 Å². The number of hydrogen-bond acceptors (Lipinski definition) is 9. The Kier molecular flexibility index (Phi) is 21.3. The van der Waals surface area contributed by atoms with Crippen LogP contribution in [0.2, 0.25) is 20.1 Å². The van der Waals surface area contributed by atoms with Crippen molar-refractivity contribution in [1.29, 1.82) is 0 Å². The summed E-state index contributed by atoms with van der Waals surface area (Å²) in [7, 11) is 0. The van der Waals surface area contributed by atoms with Gasteiger partial charge in [0.2, 0.25) is 5.91 Å². The van der Waals surface area contributed by atoms with Gasteiger partial charge < -0.3 is 40.2 Å². The number of benzene rings is 6. The van der Waals surface area contributed by atoms with Crippen molar-refractivity contribution in [1.82, 2.24) is 10.6 Å². The Bertz CT molecular complexity index is 2690. The van der Waals surface area contributed by atoms with Gasteiger partial charge in [-0.2, -0.15) is 0 Å². The molecule has 376 valence electrons. The minimum absolute atomic E-state index is 0.0539. The average molecular weight is 1060 g/mol. The van der Waals surface area contributed by atoms with Gasteiger partial charge in [-0.1, -0.05) is 182 Å². The molecule has 0 aliphatic carbocycles. The minimum Gasteiger partial charge on any atom is -0.487 e. The molecule has 0 aliphatic rings. The molecule has 0 fully saturated rings. The van der Waals surface area contributed by atoms with Crippen molar-refractivity contribution in [3.8, 4) is 11.5 Å². The number of carbonyl (C=O) groups is 6. The number of aliphatic carboxylic acids is 3. The number of carboxylic acid groups (broad SMARTS) is 3. The number of ketones is 1. The molecule has 0 bridgehead atoms. The van der Waals surface area contributed by atoms with Crippen LogP contribution >= 0.6 is 46.4 Å². The number of hydrogen-bond donors (Lipinski definition) is 5. The number of amides is 2. The zero-order valence-electron chi connectivity index (χ0n) is 38.8. The van der Waals surface area contributed by atoms with E-state index in [0.29, 0.717) is 6.42 Å². The van der Waals surface area contributed by atoms with Crippen LogP contribution in [0.15, 0.2) is 146 Å². The lowest BCUT2D eigenvalue weighted by atomic mass is 9.83. The van der Waals surface area contributed by atoms with Crippen LogP contribution in [0.1, 0.15) is 65.5 Å². The summed E-state index contributed by atoms with van der Waals surface area (Å²) in [5.41, 5.74) is 2.58. The molecule has 0 saturated carbocycles. The summed E-state index contributed by atoms with van der Waals surface area (Å²) in [6.07, 6.45) is -0.229. The molecule has 6 aromatic carbocycles. The van der Waals surface area contributed by atoms with E-state index in [0.717, 1.165) is 22.3 Å². The van der Waals surface area contributed by atoms with Crippen molar-refractivity contribution in [2.24, 2.45) is 5.92 Å². The average Bonchev–Trinajstić information content (AvgIpc) is 3.35. The Balaban J connectivity index is 0.000000283. The highest BCUT2D eigenvalue weighted by Gasteiger charge is 2.43. The van der Waals surface area contributed by atoms with Gasteiger partial charge in [0.25, 0.3) is 0 Å². The molecule has 6 aromatic rings. The normalized spacial score (nSPS) is 12.4. The summed E-state index contributed by atoms with van der Waals surface area (Å²) < 4.78 is 16.7. The second-order valence-electron chi connectivity index (χ2n) is 16.5. The highest BCUT2D eigenvalue weighted by molar-refractivity contribution is 6.40. The maximum Gasteiger partial charge on any atom is 0.408 e. The zero-order chi connectivity index (χ0) is 52.3. The lowest BCUT2D eigenvalue weighted by Crippen LogP contribution is -2.52. The fourth-order valence-corrected chi connectivity index (χ4v) is 8.48. The first-order valence-electron chi connectivity index (χ1n) is 22.3. The molecule has 14 nitrogen and oxygen atoms in total. The number of carboxylic acids is 3. The van der Waals surface area contributed by atoms with E-state index in [-0.39, 0.29) is 74.9 Å². The van der Waals surface area contributed by atoms with E-state index in [4.69, 9.17) is 60.6 Å². The Morgan fingerprint density at radius 3 is 1.25 bits per heavy atom. The van der Waals surface area contributed by atoms with Crippen LogP contribution in [0.4, 0.5) is 4.79 Å². The van der Waals surface area contributed by atoms with E-state index in [1.165, 1.54) is 24.3 Å². The molecule has 0 spiro atoms. The van der Waals surface area contributed by atoms with Crippen LogP contribution in [0.25, 0.3) is 0 Å². The number of carbonyl (C=O) groups excluding carboxylic acids is 3. The molecule has 0 radical (unpaired) electrons. The third kappa shape index (κ3) is 16.2. The maximum absolute atomic E-state index is 13.8. The van der Waals surface area contributed by atoms with Gasteiger partial charge in [-0.3, -0.25) is 19.2 Å². The van der Waals surface area contributed by atoms with Crippen molar-refractivity contribution in [3.05, 3.63) is 199 Å². The topological polar surface area (TPSA) is 215 Å². The van der Waals surface area contributed by atoms with E-state index in [1.807, 2.05) is 123 Å². The van der Waals surface area contributed by atoms with E-state index in [9.17, 15) is 44.1 Å². The van der Waals surface area contributed by atoms with Crippen LogP contribution in [0, 0.1) is 5.92 Å². The first kappa shape index (κ1) is 55.8. The standard InChI is InChI=1S/C31H22Cl4O7.C23H28N2O5/c32-19-11-13-21(41-15-17-7-3-1-4-8-17)27(34)23(19)25(30(37)38)29(36)26(31(39)40)24-20(33)12-14-22(28(24)35)42-16-18-9-5-2-6-10-18;1-16(2)13-19(25-23(29)30-15-18-11-7-4-8-12-18)21(26)24-20(22(27)28)14-17-9-5-3-6-10-17/h1-14,25-26H,15-16H2,(H,37,38)(H,39,40);3-12,16,19-20H,13-15H2,1-2H3,(H,24,26)(H,25,29)(H,27,28)/t;19-,20-/m.0/s1. The molecule has 72 heavy (non-hydrogen) atoms. The molecule has 0 aliphatic heterocycles. The van der Waals surface area contributed by atoms with E-state index >= 15 is 0 Å². The summed E-state index contributed by atoms with van der Waals surface area (Å²) in [4.78, 5) is 75.5. The van der Waals surface area contributed by atoms with Crippen LogP contribution in [-0.4, -0.2) is 63.1 Å². The largest absolute Gasteiger partial charge is 0.487 e. The van der Waals surface area contributed by atoms with Gasteiger partial charge in [-0.25, -0.2) is 9.59 Å².